The fourth-order valence-electron chi connectivity index (χ4n) is 4.00. The Morgan fingerprint density at radius 3 is 1.29 bits per heavy atom. The lowest BCUT2D eigenvalue weighted by atomic mass is 10.00. The van der Waals surface area contributed by atoms with E-state index in [1.54, 1.807) is 40.7 Å². The molecular weight excluding hydrogens is 816 g/mol. The number of halogens is 1. The number of carbonyl (C=O) groups excluding carboxylic acids is 3. The molecular formula is C32H43ClN2O17S3. The predicted octanol–water partition coefficient (Wildman–Crippen LogP) is 4.33. The number of rotatable bonds is 10. The van der Waals surface area contributed by atoms with Crippen molar-refractivity contribution < 1.29 is 76.6 Å². The van der Waals surface area contributed by atoms with Crippen LogP contribution in [0.1, 0.15) is 94.3 Å². The summed E-state index contributed by atoms with van der Waals surface area (Å²) in [6.45, 7) is 15.2. The largest absolute Gasteiger partial charge is 0.469 e. The lowest BCUT2D eigenvalue weighted by Crippen LogP contribution is -2.16. The van der Waals surface area contributed by atoms with Crippen molar-refractivity contribution in [2.24, 2.45) is 10.3 Å². The van der Waals surface area contributed by atoms with Gasteiger partial charge in [0.2, 0.25) is 15.3 Å². The van der Waals surface area contributed by atoms with Gasteiger partial charge in [0.25, 0.3) is 29.1 Å². The summed E-state index contributed by atoms with van der Waals surface area (Å²) in [6.07, 6.45) is 1.47. The second-order valence-corrected chi connectivity index (χ2v) is 16.7. The molecule has 0 atom stereocenters. The molecule has 23 heteroatoms. The second-order valence-electron chi connectivity index (χ2n) is 11.2. The van der Waals surface area contributed by atoms with Crippen molar-refractivity contribution in [3.05, 3.63) is 75.8 Å². The Morgan fingerprint density at radius 1 is 0.655 bits per heavy atom. The van der Waals surface area contributed by atoms with Gasteiger partial charge in [-0.25, -0.2) is 49.9 Å². The maximum atomic E-state index is 11.3. The molecule has 0 aliphatic heterocycles. The van der Waals surface area contributed by atoms with Gasteiger partial charge >= 0.3 is 17.9 Å². The molecule has 4 aromatic rings. The molecule has 0 fully saturated rings. The van der Waals surface area contributed by atoms with Crippen molar-refractivity contribution in [2.75, 3.05) is 19.8 Å². The molecule has 0 bridgehead atoms. The lowest BCUT2D eigenvalue weighted by Gasteiger charge is -2.15. The van der Waals surface area contributed by atoms with Crippen LogP contribution in [0.4, 0.5) is 0 Å². The second kappa shape index (κ2) is 19.9. The lowest BCUT2D eigenvalue weighted by molar-refractivity contribution is 0.0514. The number of esters is 3. The van der Waals surface area contributed by atoms with E-state index in [0.717, 1.165) is 12.1 Å². The molecule has 0 aliphatic rings. The van der Waals surface area contributed by atoms with Gasteiger partial charge in [0.05, 0.1) is 31.7 Å². The molecule has 4 rings (SSSR count). The molecule has 55 heavy (non-hydrogen) atoms. The number of carbonyl (C=O) groups is 3. The molecule has 5 N–H and O–H groups in total. The fraction of sp³-hybridized carbons (Fsp3) is 0.406. The number of primary sulfonamides is 2. The minimum atomic E-state index is -3.96. The number of aryl methyl sites for hydroxylation is 4. The van der Waals surface area contributed by atoms with Gasteiger partial charge in [-0.3, -0.25) is 0 Å². The molecule has 4 aromatic heterocycles. The highest BCUT2D eigenvalue weighted by Crippen LogP contribution is 2.28. The smallest absolute Gasteiger partial charge is 0.341 e. The van der Waals surface area contributed by atoms with Gasteiger partial charge in [-0.2, -0.15) is 0 Å². The van der Waals surface area contributed by atoms with Crippen LogP contribution in [-0.4, -0.2) is 68.1 Å². The third kappa shape index (κ3) is 15.0. The zero-order chi connectivity index (χ0) is 42.7. The number of nitrogens with two attached hydrogens (primary N) is 2. The third-order valence-corrected chi connectivity index (χ3v) is 9.15. The SMILES string of the molecule is CCOC(=O)c1cc(S(=O)(=O)Cl)oc1C.CCOC(=O)c1cc(S(N)(=O)=O)oc1C.CCOC(=O)c1ccoc1C.Cc1oc(S(N)(=O)=O)cc1C(C)(C)O. The molecule has 308 valence electrons. The first-order chi connectivity index (χ1) is 25.1. The van der Waals surface area contributed by atoms with E-state index in [0.29, 0.717) is 29.3 Å². The van der Waals surface area contributed by atoms with Crippen molar-refractivity contribution in [1.29, 1.82) is 0 Å². The number of ether oxygens (including phenoxy) is 3. The number of sulfonamides is 2. The quantitative estimate of drug-likeness (QED) is 0.113. The molecule has 0 saturated carbocycles. The molecule has 19 nitrogen and oxygen atoms in total. The number of hydrogen-bond acceptors (Lipinski definition) is 17. The fourth-order valence-corrected chi connectivity index (χ4v) is 5.76. The Hall–Kier alpha value is -4.45. The van der Waals surface area contributed by atoms with Gasteiger partial charge in [0.1, 0.15) is 39.7 Å². The maximum absolute atomic E-state index is 11.3. The number of aliphatic hydroxyl groups is 1. The molecule has 0 radical (unpaired) electrons. The summed E-state index contributed by atoms with van der Waals surface area (Å²) >= 11 is 0. The summed E-state index contributed by atoms with van der Waals surface area (Å²) in [5.74, 6) is -0.312. The van der Waals surface area contributed by atoms with E-state index in [2.05, 4.69) is 0 Å². The van der Waals surface area contributed by atoms with Crippen molar-refractivity contribution in [2.45, 2.75) is 83.2 Å². The minimum Gasteiger partial charge on any atom is -0.469 e. The van der Waals surface area contributed by atoms with Crippen LogP contribution in [0.25, 0.3) is 0 Å². The van der Waals surface area contributed by atoms with Gasteiger partial charge in [-0.15, -0.1) is 0 Å². The average Bonchev–Trinajstić information content (AvgIpc) is 3.83. The summed E-state index contributed by atoms with van der Waals surface area (Å²) in [6, 6.07) is 4.95. The molecule has 0 aromatic carbocycles. The van der Waals surface area contributed by atoms with Crippen molar-refractivity contribution >= 4 is 57.7 Å². The standard InChI is InChI=1S/C8H9ClO5S.C8H11NO5S.C8H13NO4S.C8H10O3/c2*1-3-13-8(10)6-4-7(14-5(6)2)15(9,11)12;1-5-6(8(2,3)10)4-7(13-5)14(9,11)12;1-3-10-8(9)7-4-5-11-6(7)2/h4H,3H2,1-2H3;4H,3H2,1-2H3,(H2,9,11,12);4,10H,1-3H3,(H2,9,11,12);4-5H,3H2,1-2H3. The monoisotopic (exact) mass is 858 g/mol. The molecule has 0 aliphatic carbocycles. The van der Waals surface area contributed by atoms with Crippen LogP contribution >= 0.6 is 10.7 Å². The van der Waals surface area contributed by atoms with Crippen molar-refractivity contribution in [3.63, 3.8) is 0 Å². The normalized spacial score (nSPS) is 11.5. The van der Waals surface area contributed by atoms with Gasteiger partial charge < -0.3 is 37.0 Å². The first-order valence-electron chi connectivity index (χ1n) is 15.7. The Morgan fingerprint density at radius 2 is 1.02 bits per heavy atom. The van der Waals surface area contributed by atoms with Crippen LogP contribution in [0.3, 0.4) is 0 Å². The summed E-state index contributed by atoms with van der Waals surface area (Å²) < 4.78 is 99.2. The zero-order valence-corrected chi connectivity index (χ0v) is 34.5. The predicted molar refractivity (Wildman–Crippen MR) is 193 cm³/mol. The van der Waals surface area contributed by atoms with E-state index >= 15 is 0 Å². The van der Waals surface area contributed by atoms with Gasteiger partial charge in [0, 0.05) is 34.4 Å². The Bertz CT molecular complexity index is 2180. The molecule has 4 heterocycles. The maximum Gasteiger partial charge on any atom is 0.341 e. The average molecular weight is 859 g/mol. The van der Waals surface area contributed by atoms with E-state index in [4.69, 9.17) is 52.8 Å². The molecule has 0 amide bonds. The highest BCUT2D eigenvalue weighted by molar-refractivity contribution is 8.13. The molecule has 0 saturated heterocycles. The Labute approximate surface area is 322 Å². The molecule has 0 unspecified atom stereocenters. The molecule has 0 spiro atoms. The topological polar surface area (TPSA) is 306 Å². The van der Waals surface area contributed by atoms with Crippen LogP contribution in [0.5, 0.6) is 0 Å². The summed E-state index contributed by atoms with van der Waals surface area (Å²) in [7, 11) is -6.67. The van der Waals surface area contributed by atoms with Crippen LogP contribution in [-0.2, 0) is 48.9 Å². The van der Waals surface area contributed by atoms with Gasteiger partial charge in [-0.1, -0.05) is 0 Å². The van der Waals surface area contributed by atoms with E-state index < -0.39 is 56.8 Å². The first-order valence-corrected chi connectivity index (χ1v) is 21.1. The summed E-state index contributed by atoms with van der Waals surface area (Å²) in [5.41, 5.74) is -0.0819. The van der Waals surface area contributed by atoms with E-state index in [1.807, 2.05) is 0 Å². The summed E-state index contributed by atoms with van der Waals surface area (Å²) in [4.78, 5) is 33.6. The van der Waals surface area contributed by atoms with Crippen LogP contribution in [0.15, 0.2) is 63.5 Å². The van der Waals surface area contributed by atoms with Crippen molar-refractivity contribution in [3.8, 4) is 0 Å². The Balaban J connectivity index is 0.000000369. The third-order valence-electron chi connectivity index (χ3n) is 6.49. The van der Waals surface area contributed by atoms with Crippen molar-refractivity contribution in [1.82, 2.24) is 0 Å². The number of furan rings is 4. The highest BCUT2D eigenvalue weighted by Gasteiger charge is 2.26. The van der Waals surface area contributed by atoms with Crippen LogP contribution in [0.2, 0.25) is 0 Å². The van der Waals surface area contributed by atoms with E-state index in [9.17, 15) is 44.7 Å². The van der Waals surface area contributed by atoms with E-state index in [1.165, 1.54) is 40.0 Å². The minimum absolute atomic E-state index is 0.0658. The highest BCUT2D eigenvalue weighted by atomic mass is 35.7. The number of hydrogen-bond donors (Lipinski definition) is 3. The first kappa shape index (κ1) is 48.6. The van der Waals surface area contributed by atoms with E-state index in [-0.39, 0.29) is 46.9 Å². The van der Waals surface area contributed by atoms with Crippen LogP contribution < -0.4 is 10.3 Å². The summed E-state index contributed by atoms with van der Waals surface area (Å²) in [5, 5.41) is 18.1. The zero-order valence-electron chi connectivity index (χ0n) is 31.2. The van der Waals surface area contributed by atoms with Gasteiger partial charge in [-0.05, 0) is 68.4 Å². The van der Waals surface area contributed by atoms with Gasteiger partial charge in [0.15, 0.2) is 0 Å². The Kier molecular flexibility index (Phi) is 17.6. The van der Waals surface area contributed by atoms with Crippen LogP contribution in [0, 0.1) is 27.7 Å².